The number of hydrogen-bond acceptors (Lipinski definition) is 5. The summed E-state index contributed by atoms with van der Waals surface area (Å²) >= 11 is 5.71. The minimum Gasteiger partial charge on any atom is -0.494 e. The maximum absolute atomic E-state index is 13.2. The van der Waals surface area contributed by atoms with Crippen LogP contribution in [0.5, 0.6) is 5.88 Å². The summed E-state index contributed by atoms with van der Waals surface area (Å²) in [6, 6.07) is 5.75. The lowest BCUT2D eigenvalue weighted by Crippen LogP contribution is -2.26. The molecule has 0 unspecified atom stereocenters. The van der Waals surface area contributed by atoms with Crippen LogP contribution in [0, 0.1) is 24.1 Å². The molecule has 0 bridgehead atoms. The highest BCUT2D eigenvalue weighted by Gasteiger charge is 2.17. The molecule has 0 amide bonds. The van der Waals surface area contributed by atoms with E-state index in [2.05, 4.69) is 4.99 Å². The van der Waals surface area contributed by atoms with Crippen LogP contribution in [0.4, 0.5) is 10.1 Å². The van der Waals surface area contributed by atoms with E-state index in [0.717, 1.165) is 4.57 Å². The van der Waals surface area contributed by atoms with Gasteiger partial charge >= 0.3 is 0 Å². The predicted octanol–water partition coefficient (Wildman–Crippen LogP) is 2.92. The highest BCUT2D eigenvalue weighted by atomic mass is 35.5. The third kappa shape index (κ3) is 3.87. The maximum atomic E-state index is 13.2. The van der Waals surface area contributed by atoms with Gasteiger partial charge in [0.25, 0.3) is 5.56 Å². The molecule has 25 heavy (non-hydrogen) atoms. The van der Waals surface area contributed by atoms with E-state index in [-0.39, 0.29) is 35.2 Å². The van der Waals surface area contributed by atoms with Crippen LogP contribution in [0.2, 0.25) is 5.02 Å². The second kappa shape index (κ2) is 7.92. The fraction of sp³-hybridized carbons (Fsp3) is 0.235. The van der Waals surface area contributed by atoms with Gasteiger partial charge in [0, 0.05) is 13.3 Å². The van der Waals surface area contributed by atoms with Crippen molar-refractivity contribution in [3.63, 3.8) is 0 Å². The number of aromatic hydroxyl groups is 1. The minimum absolute atomic E-state index is 0.0827. The standard InChI is InChI=1S/C17H15ClFN3O3/c1-10-12(8-20)16(23)22(5-6-25-2)17(24)13(10)9-21-11-3-4-15(19)14(18)7-11/h3-4,7,9,24H,5-6H2,1-2H3. The molecular weight excluding hydrogens is 349 g/mol. The van der Waals surface area contributed by atoms with Gasteiger partial charge in [-0.2, -0.15) is 5.26 Å². The number of nitriles is 1. The quantitative estimate of drug-likeness (QED) is 0.827. The Labute approximate surface area is 148 Å². The molecule has 0 saturated carbocycles. The van der Waals surface area contributed by atoms with E-state index >= 15 is 0 Å². The average molecular weight is 364 g/mol. The van der Waals surface area contributed by atoms with Gasteiger partial charge in [0.15, 0.2) is 0 Å². The summed E-state index contributed by atoms with van der Waals surface area (Å²) in [5.74, 6) is -0.893. The van der Waals surface area contributed by atoms with E-state index in [4.69, 9.17) is 16.3 Å². The Morgan fingerprint density at radius 1 is 1.52 bits per heavy atom. The molecule has 0 aliphatic heterocycles. The Bertz CT molecular complexity index is 932. The van der Waals surface area contributed by atoms with Crippen LogP contribution in [-0.2, 0) is 11.3 Å². The highest BCUT2D eigenvalue weighted by molar-refractivity contribution is 6.31. The molecule has 0 spiro atoms. The molecular formula is C17H15ClFN3O3. The number of methoxy groups -OCH3 is 1. The van der Waals surface area contributed by atoms with Crippen molar-refractivity contribution in [1.29, 1.82) is 5.26 Å². The largest absolute Gasteiger partial charge is 0.494 e. The first kappa shape index (κ1) is 18.6. The molecule has 0 saturated heterocycles. The first-order valence-electron chi connectivity index (χ1n) is 7.25. The summed E-state index contributed by atoms with van der Waals surface area (Å²) in [4.78, 5) is 16.4. The van der Waals surface area contributed by atoms with E-state index in [1.807, 2.05) is 6.07 Å². The number of halogens is 2. The molecule has 130 valence electrons. The fourth-order valence-corrected chi connectivity index (χ4v) is 2.39. The topological polar surface area (TPSA) is 87.6 Å². The van der Waals surface area contributed by atoms with E-state index in [9.17, 15) is 19.6 Å². The van der Waals surface area contributed by atoms with Crippen molar-refractivity contribution in [1.82, 2.24) is 4.57 Å². The molecule has 2 aromatic rings. The van der Waals surface area contributed by atoms with Crippen LogP contribution in [0.15, 0.2) is 28.0 Å². The van der Waals surface area contributed by atoms with Gasteiger partial charge in [0.05, 0.1) is 29.4 Å². The summed E-state index contributed by atoms with van der Waals surface area (Å²) in [5, 5.41) is 19.5. The molecule has 1 N–H and O–H groups in total. The molecule has 6 nitrogen and oxygen atoms in total. The van der Waals surface area contributed by atoms with Gasteiger partial charge in [0.1, 0.15) is 17.4 Å². The Balaban J connectivity index is 2.56. The van der Waals surface area contributed by atoms with Crippen molar-refractivity contribution in [3.05, 3.63) is 56.1 Å². The number of pyridine rings is 1. The van der Waals surface area contributed by atoms with E-state index in [1.165, 1.54) is 31.5 Å². The van der Waals surface area contributed by atoms with E-state index in [1.54, 1.807) is 6.92 Å². The van der Waals surface area contributed by atoms with Crippen molar-refractivity contribution in [2.75, 3.05) is 13.7 Å². The van der Waals surface area contributed by atoms with Crippen molar-refractivity contribution in [2.24, 2.45) is 4.99 Å². The van der Waals surface area contributed by atoms with Crippen molar-refractivity contribution < 1.29 is 14.2 Å². The van der Waals surface area contributed by atoms with Crippen LogP contribution in [0.3, 0.4) is 0 Å². The first-order valence-corrected chi connectivity index (χ1v) is 7.63. The first-order chi connectivity index (χ1) is 11.9. The summed E-state index contributed by atoms with van der Waals surface area (Å²) < 4.78 is 19.2. The molecule has 8 heteroatoms. The average Bonchev–Trinajstić information content (AvgIpc) is 2.58. The lowest BCUT2D eigenvalue weighted by molar-refractivity contribution is 0.182. The second-order valence-corrected chi connectivity index (χ2v) is 5.56. The van der Waals surface area contributed by atoms with Gasteiger partial charge in [-0.1, -0.05) is 11.6 Å². The maximum Gasteiger partial charge on any atom is 0.271 e. The SMILES string of the molecule is COCCn1c(O)c(C=Nc2ccc(F)c(Cl)c2)c(C)c(C#N)c1=O. The smallest absolute Gasteiger partial charge is 0.271 e. The van der Waals surface area contributed by atoms with Gasteiger partial charge in [-0.25, -0.2) is 4.39 Å². The van der Waals surface area contributed by atoms with Gasteiger partial charge in [-0.3, -0.25) is 14.4 Å². The molecule has 1 aromatic carbocycles. The highest BCUT2D eigenvalue weighted by Crippen LogP contribution is 2.24. The molecule has 2 rings (SSSR count). The Hall–Kier alpha value is -2.69. The Morgan fingerprint density at radius 2 is 2.24 bits per heavy atom. The Kier molecular flexibility index (Phi) is 5.91. The fourth-order valence-electron chi connectivity index (χ4n) is 2.22. The van der Waals surface area contributed by atoms with Crippen LogP contribution >= 0.6 is 11.6 Å². The van der Waals surface area contributed by atoms with Crippen LogP contribution in [0.1, 0.15) is 16.7 Å². The zero-order valence-electron chi connectivity index (χ0n) is 13.6. The lowest BCUT2D eigenvalue weighted by atomic mass is 10.1. The predicted molar refractivity (Wildman–Crippen MR) is 92.4 cm³/mol. The molecule has 1 aromatic heterocycles. The third-order valence-electron chi connectivity index (χ3n) is 3.61. The number of rotatable bonds is 5. The minimum atomic E-state index is -0.600. The molecule has 0 aliphatic carbocycles. The van der Waals surface area contributed by atoms with Gasteiger partial charge in [-0.15, -0.1) is 0 Å². The number of nitrogens with zero attached hydrogens (tertiary/aromatic N) is 3. The third-order valence-corrected chi connectivity index (χ3v) is 3.90. The van der Waals surface area contributed by atoms with Gasteiger partial charge in [0.2, 0.25) is 5.88 Å². The zero-order valence-corrected chi connectivity index (χ0v) is 14.3. The summed E-state index contributed by atoms with van der Waals surface area (Å²) in [6.07, 6.45) is 1.30. The van der Waals surface area contributed by atoms with Crippen molar-refractivity contribution >= 4 is 23.5 Å². The van der Waals surface area contributed by atoms with E-state index in [0.29, 0.717) is 11.3 Å². The number of benzene rings is 1. The zero-order chi connectivity index (χ0) is 18.6. The lowest BCUT2D eigenvalue weighted by Gasteiger charge is -2.13. The van der Waals surface area contributed by atoms with Crippen LogP contribution in [-0.4, -0.2) is 29.6 Å². The van der Waals surface area contributed by atoms with Crippen LogP contribution < -0.4 is 5.56 Å². The van der Waals surface area contributed by atoms with Crippen molar-refractivity contribution in [2.45, 2.75) is 13.5 Å². The number of aromatic nitrogens is 1. The second-order valence-electron chi connectivity index (χ2n) is 5.16. The monoisotopic (exact) mass is 363 g/mol. The molecule has 0 aliphatic rings. The molecule has 1 heterocycles. The Morgan fingerprint density at radius 3 is 2.84 bits per heavy atom. The van der Waals surface area contributed by atoms with Crippen LogP contribution in [0.25, 0.3) is 0 Å². The number of ether oxygens (including phenoxy) is 1. The van der Waals surface area contributed by atoms with E-state index < -0.39 is 11.4 Å². The molecule has 0 radical (unpaired) electrons. The van der Waals surface area contributed by atoms with Crippen molar-refractivity contribution in [3.8, 4) is 11.9 Å². The summed E-state index contributed by atoms with van der Waals surface area (Å²) in [7, 11) is 1.46. The summed E-state index contributed by atoms with van der Waals surface area (Å²) in [6.45, 7) is 1.81. The summed E-state index contributed by atoms with van der Waals surface area (Å²) in [5.41, 5.74) is 0.186. The molecule has 0 fully saturated rings. The number of aliphatic imine (C=N–C) groups is 1. The van der Waals surface area contributed by atoms with Gasteiger partial charge < -0.3 is 9.84 Å². The normalized spacial score (nSPS) is 11.0. The van der Waals surface area contributed by atoms with Gasteiger partial charge in [-0.05, 0) is 30.7 Å². The number of hydrogen-bond donors (Lipinski definition) is 1. The molecule has 0 atom stereocenters.